The van der Waals surface area contributed by atoms with Gasteiger partial charge in [0.15, 0.2) is 0 Å². The Labute approximate surface area is 106 Å². The summed E-state index contributed by atoms with van der Waals surface area (Å²) in [6.07, 6.45) is 5.24. The molecule has 0 saturated heterocycles. The Morgan fingerprint density at radius 1 is 1.38 bits per heavy atom. The molecule has 0 aliphatic carbocycles. The van der Waals surface area contributed by atoms with E-state index in [9.17, 15) is 4.79 Å². The van der Waals surface area contributed by atoms with Crippen LogP contribution in [0.25, 0.3) is 0 Å². The molecule has 3 nitrogen and oxygen atoms in total. The van der Waals surface area contributed by atoms with Crippen LogP contribution in [0.4, 0.5) is 4.79 Å². The standard InChI is InChI=1S/C12H20BrNO2/c1-5-9-14(10-7-6-8-13)11(15)16-12(2,3)4/h5-7H,1,8-10H2,2-4H3/b7-6+. The van der Waals surface area contributed by atoms with Gasteiger partial charge in [0.05, 0.1) is 0 Å². The fourth-order valence-electron chi connectivity index (χ4n) is 0.971. The van der Waals surface area contributed by atoms with E-state index in [1.165, 1.54) is 0 Å². The highest BCUT2D eigenvalue weighted by Crippen LogP contribution is 2.09. The molecule has 0 aliphatic heterocycles. The van der Waals surface area contributed by atoms with Gasteiger partial charge in [0.25, 0.3) is 0 Å². The molecule has 0 bridgehead atoms. The first-order chi connectivity index (χ1) is 7.40. The van der Waals surface area contributed by atoms with E-state index in [1.807, 2.05) is 32.9 Å². The zero-order valence-electron chi connectivity index (χ0n) is 10.2. The van der Waals surface area contributed by atoms with Crippen LogP contribution in [0, 0.1) is 0 Å². The number of ether oxygens (including phenoxy) is 1. The number of carbonyl (C=O) groups excluding carboxylic acids is 1. The van der Waals surface area contributed by atoms with Crippen molar-refractivity contribution in [3.63, 3.8) is 0 Å². The van der Waals surface area contributed by atoms with E-state index in [2.05, 4.69) is 22.5 Å². The molecule has 92 valence electrons. The molecular formula is C12H20BrNO2. The quantitative estimate of drug-likeness (QED) is 0.574. The summed E-state index contributed by atoms with van der Waals surface area (Å²) in [5.41, 5.74) is -0.463. The van der Waals surface area contributed by atoms with Crippen molar-refractivity contribution in [3.05, 3.63) is 24.8 Å². The van der Waals surface area contributed by atoms with Crippen molar-refractivity contribution in [3.8, 4) is 0 Å². The van der Waals surface area contributed by atoms with Crippen LogP contribution in [0.1, 0.15) is 20.8 Å². The highest BCUT2D eigenvalue weighted by atomic mass is 79.9. The topological polar surface area (TPSA) is 29.5 Å². The average molecular weight is 290 g/mol. The van der Waals surface area contributed by atoms with Crippen LogP contribution in [0.2, 0.25) is 0 Å². The molecule has 0 aromatic carbocycles. The normalized spacial score (nSPS) is 11.5. The van der Waals surface area contributed by atoms with Crippen molar-refractivity contribution < 1.29 is 9.53 Å². The SMILES string of the molecule is C=CCN(C/C=C/CBr)C(=O)OC(C)(C)C. The lowest BCUT2D eigenvalue weighted by molar-refractivity contribution is 0.0292. The van der Waals surface area contributed by atoms with Crippen LogP contribution < -0.4 is 0 Å². The summed E-state index contributed by atoms with van der Waals surface area (Å²) in [5.74, 6) is 0. The minimum Gasteiger partial charge on any atom is -0.444 e. The Hall–Kier alpha value is -0.770. The summed E-state index contributed by atoms with van der Waals surface area (Å²) < 4.78 is 5.28. The second-order valence-electron chi connectivity index (χ2n) is 4.30. The zero-order valence-corrected chi connectivity index (χ0v) is 11.8. The first-order valence-corrected chi connectivity index (χ1v) is 6.32. The maximum atomic E-state index is 11.8. The largest absolute Gasteiger partial charge is 0.444 e. The van der Waals surface area contributed by atoms with Crippen molar-refractivity contribution in [2.75, 3.05) is 18.4 Å². The van der Waals surface area contributed by atoms with E-state index in [1.54, 1.807) is 11.0 Å². The molecule has 1 amide bonds. The Balaban J connectivity index is 4.34. The second-order valence-corrected chi connectivity index (χ2v) is 4.95. The molecule has 0 atom stereocenters. The summed E-state index contributed by atoms with van der Waals surface area (Å²) in [6, 6.07) is 0. The maximum absolute atomic E-state index is 11.8. The number of allylic oxidation sites excluding steroid dienone is 1. The first-order valence-electron chi connectivity index (χ1n) is 5.20. The fraction of sp³-hybridized carbons (Fsp3) is 0.583. The monoisotopic (exact) mass is 289 g/mol. The number of hydrogen-bond acceptors (Lipinski definition) is 2. The first kappa shape index (κ1) is 15.2. The van der Waals surface area contributed by atoms with Crippen molar-refractivity contribution in [2.24, 2.45) is 0 Å². The van der Waals surface area contributed by atoms with Gasteiger partial charge in [-0.2, -0.15) is 0 Å². The Morgan fingerprint density at radius 2 is 2.00 bits per heavy atom. The van der Waals surface area contributed by atoms with Crippen LogP contribution in [0.3, 0.4) is 0 Å². The number of amides is 1. The molecule has 0 heterocycles. The van der Waals surface area contributed by atoms with Gasteiger partial charge in [-0.3, -0.25) is 0 Å². The highest BCUT2D eigenvalue weighted by molar-refractivity contribution is 9.09. The Morgan fingerprint density at radius 3 is 2.44 bits per heavy atom. The van der Waals surface area contributed by atoms with Crippen LogP contribution in [0.15, 0.2) is 24.8 Å². The molecule has 0 fully saturated rings. The van der Waals surface area contributed by atoms with E-state index >= 15 is 0 Å². The lowest BCUT2D eigenvalue weighted by atomic mass is 10.2. The maximum Gasteiger partial charge on any atom is 0.410 e. The smallest absolute Gasteiger partial charge is 0.410 e. The van der Waals surface area contributed by atoms with E-state index in [0.29, 0.717) is 13.1 Å². The molecule has 0 radical (unpaired) electrons. The third-order valence-corrected chi connectivity index (χ3v) is 1.96. The summed E-state index contributed by atoms with van der Waals surface area (Å²) in [5, 5.41) is 0.781. The molecule has 16 heavy (non-hydrogen) atoms. The van der Waals surface area contributed by atoms with Gasteiger partial charge in [-0.15, -0.1) is 6.58 Å². The summed E-state index contributed by atoms with van der Waals surface area (Å²) in [7, 11) is 0. The third kappa shape index (κ3) is 7.51. The van der Waals surface area contributed by atoms with Crippen molar-refractivity contribution >= 4 is 22.0 Å². The van der Waals surface area contributed by atoms with Crippen LogP contribution in [-0.2, 0) is 4.74 Å². The van der Waals surface area contributed by atoms with Crippen LogP contribution >= 0.6 is 15.9 Å². The molecule has 0 spiro atoms. The van der Waals surface area contributed by atoms with Crippen molar-refractivity contribution in [1.82, 2.24) is 4.90 Å². The number of rotatable bonds is 5. The number of carbonyl (C=O) groups is 1. The molecular weight excluding hydrogens is 270 g/mol. The highest BCUT2D eigenvalue weighted by Gasteiger charge is 2.20. The van der Waals surface area contributed by atoms with Crippen molar-refractivity contribution in [1.29, 1.82) is 0 Å². The molecule has 0 aromatic rings. The number of hydrogen-bond donors (Lipinski definition) is 0. The summed E-state index contributed by atoms with van der Waals surface area (Å²) in [4.78, 5) is 13.3. The average Bonchev–Trinajstić information content (AvgIpc) is 2.14. The lowest BCUT2D eigenvalue weighted by Crippen LogP contribution is -2.37. The predicted molar refractivity (Wildman–Crippen MR) is 70.9 cm³/mol. The van der Waals surface area contributed by atoms with Gasteiger partial charge in [0.1, 0.15) is 5.60 Å². The van der Waals surface area contributed by atoms with Crippen LogP contribution in [0.5, 0.6) is 0 Å². The Kier molecular flexibility index (Phi) is 7.13. The molecule has 0 aliphatic rings. The molecule has 0 N–H and O–H groups in total. The van der Waals surface area contributed by atoms with Gasteiger partial charge in [0, 0.05) is 18.4 Å². The molecule has 0 saturated carbocycles. The van der Waals surface area contributed by atoms with E-state index in [0.717, 1.165) is 5.33 Å². The fourth-order valence-corrected chi connectivity index (χ4v) is 1.24. The van der Waals surface area contributed by atoms with Gasteiger partial charge in [-0.25, -0.2) is 4.79 Å². The third-order valence-electron chi connectivity index (χ3n) is 1.58. The van der Waals surface area contributed by atoms with Gasteiger partial charge < -0.3 is 9.64 Å². The Bertz CT molecular complexity index is 256. The zero-order chi connectivity index (χ0) is 12.6. The summed E-state index contributed by atoms with van der Waals surface area (Å²) in [6.45, 7) is 10.2. The molecule has 0 aromatic heterocycles. The molecule has 4 heteroatoms. The van der Waals surface area contributed by atoms with Gasteiger partial charge in [-0.1, -0.05) is 34.2 Å². The van der Waals surface area contributed by atoms with Crippen LogP contribution in [-0.4, -0.2) is 35.0 Å². The summed E-state index contributed by atoms with van der Waals surface area (Å²) >= 11 is 3.28. The predicted octanol–water partition coefficient (Wildman–Crippen LogP) is 3.36. The van der Waals surface area contributed by atoms with Gasteiger partial charge in [0.2, 0.25) is 0 Å². The molecule has 0 unspecified atom stereocenters. The number of nitrogens with zero attached hydrogens (tertiary/aromatic N) is 1. The van der Waals surface area contributed by atoms with Gasteiger partial charge in [-0.05, 0) is 20.8 Å². The van der Waals surface area contributed by atoms with Gasteiger partial charge >= 0.3 is 6.09 Å². The van der Waals surface area contributed by atoms with E-state index in [-0.39, 0.29) is 6.09 Å². The minimum atomic E-state index is -0.463. The molecule has 0 rings (SSSR count). The minimum absolute atomic E-state index is 0.313. The number of halogens is 1. The van der Waals surface area contributed by atoms with E-state index in [4.69, 9.17) is 4.74 Å². The van der Waals surface area contributed by atoms with E-state index < -0.39 is 5.60 Å². The number of alkyl halides is 1. The van der Waals surface area contributed by atoms with Crippen molar-refractivity contribution in [2.45, 2.75) is 26.4 Å². The second kappa shape index (κ2) is 7.49. The lowest BCUT2D eigenvalue weighted by Gasteiger charge is -2.25.